The van der Waals surface area contributed by atoms with Crippen LogP contribution in [-0.4, -0.2) is 37.6 Å². The van der Waals surface area contributed by atoms with Crippen molar-refractivity contribution in [3.63, 3.8) is 0 Å². The van der Waals surface area contributed by atoms with Crippen LogP contribution in [0, 0.1) is 11.8 Å². The fourth-order valence-corrected chi connectivity index (χ4v) is 4.95. The summed E-state index contributed by atoms with van der Waals surface area (Å²) in [6.07, 6.45) is 4.96. The summed E-state index contributed by atoms with van der Waals surface area (Å²) in [5, 5.41) is 3.14. The number of pyridine rings is 1. The Morgan fingerprint density at radius 2 is 2.00 bits per heavy atom. The van der Waals surface area contributed by atoms with E-state index in [1.807, 2.05) is 16.5 Å². The standard InChI is InChI=1S/C27H23ClN6O2/c1-2-6-25(35)33-14-5-7-21(33)19-16-23(34-22(19)11-13-31-27(34)29)18-10-9-17(15-20(18)28)26(36)32-24-8-3-4-12-30-24/h3-4,8-13,15-16,21H,5,7,14H2,1H3,(H2,29,31)(H,30,32,36). The highest BCUT2D eigenvalue weighted by molar-refractivity contribution is 6.33. The molecule has 2 amide bonds. The maximum absolute atomic E-state index is 12.7. The summed E-state index contributed by atoms with van der Waals surface area (Å²) in [6.45, 7) is 2.30. The Labute approximate surface area is 213 Å². The molecule has 1 atom stereocenters. The minimum Gasteiger partial charge on any atom is -0.369 e. The van der Waals surface area contributed by atoms with E-state index in [9.17, 15) is 9.59 Å². The van der Waals surface area contributed by atoms with Gasteiger partial charge < -0.3 is 16.0 Å². The number of carbonyl (C=O) groups is 2. The molecule has 180 valence electrons. The summed E-state index contributed by atoms with van der Waals surface area (Å²) >= 11 is 6.70. The van der Waals surface area contributed by atoms with Crippen LogP contribution in [0.3, 0.4) is 0 Å². The van der Waals surface area contributed by atoms with Crippen molar-refractivity contribution in [2.75, 3.05) is 17.6 Å². The largest absolute Gasteiger partial charge is 0.369 e. The third-order valence-electron chi connectivity index (χ3n) is 6.26. The van der Waals surface area contributed by atoms with E-state index in [1.165, 1.54) is 0 Å². The van der Waals surface area contributed by atoms with E-state index < -0.39 is 0 Å². The summed E-state index contributed by atoms with van der Waals surface area (Å²) in [4.78, 5) is 35.5. The quantitative estimate of drug-likeness (QED) is 0.401. The SMILES string of the molecule is CC#CC(=O)N1CCCC1c1cc(-c2ccc(C(=O)Nc3ccccn3)cc2Cl)n2c(N)nccc12. The van der Waals surface area contributed by atoms with Gasteiger partial charge in [-0.15, -0.1) is 0 Å². The number of aromatic nitrogens is 3. The van der Waals surface area contributed by atoms with Gasteiger partial charge in [-0.2, -0.15) is 0 Å². The van der Waals surface area contributed by atoms with Gasteiger partial charge in [0.05, 0.1) is 22.3 Å². The zero-order valence-electron chi connectivity index (χ0n) is 19.5. The van der Waals surface area contributed by atoms with E-state index in [0.717, 1.165) is 29.6 Å². The highest BCUT2D eigenvalue weighted by Crippen LogP contribution is 2.40. The summed E-state index contributed by atoms with van der Waals surface area (Å²) in [7, 11) is 0. The number of halogens is 1. The first-order chi connectivity index (χ1) is 17.5. The second-order valence-corrected chi connectivity index (χ2v) is 8.81. The molecular formula is C27H23ClN6O2. The monoisotopic (exact) mass is 498 g/mol. The number of likely N-dealkylation sites (tertiary alicyclic amines) is 1. The van der Waals surface area contributed by atoms with Gasteiger partial charge in [0.2, 0.25) is 5.95 Å². The predicted octanol–water partition coefficient (Wildman–Crippen LogP) is 4.57. The van der Waals surface area contributed by atoms with Crippen LogP contribution in [0.25, 0.3) is 16.8 Å². The van der Waals surface area contributed by atoms with Crippen LogP contribution >= 0.6 is 11.6 Å². The number of carbonyl (C=O) groups excluding carboxylic acids is 2. The number of nitrogens with zero attached hydrogens (tertiary/aromatic N) is 4. The van der Waals surface area contributed by atoms with Crippen LogP contribution in [0.5, 0.6) is 0 Å². The number of rotatable bonds is 4. The fraction of sp³-hybridized carbons (Fsp3) is 0.185. The first-order valence-electron chi connectivity index (χ1n) is 11.5. The molecule has 1 saturated heterocycles. The lowest BCUT2D eigenvalue weighted by Crippen LogP contribution is -2.29. The van der Waals surface area contributed by atoms with Crippen molar-refractivity contribution in [3.05, 3.63) is 77.1 Å². The molecule has 1 aromatic carbocycles. The summed E-state index contributed by atoms with van der Waals surface area (Å²) in [5.41, 5.74) is 9.92. The lowest BCUT2D eigenvalue weighted by molar-refractivity contribution is -0.125. The van der Waals surface area contributed by atoms with E-state index in [2.05, 4.69) is 27.1 Å². The number of anilines is 2. The van der Waals surface area contributed by atoms with Crippen LogP contribution < -0.4 is 11.1 Å². The van der Waals surface area contributed by atoms with Crippen molar-refractivity contribution in [1.82, 2.24) is 19.3 Å². The van der Waals surface area contributed by atoms with Crippen LogP contribution in [-0.2, 0) is 4.79 Å². The topological polar surface area (TPSA) is 106 Å². The highest BCUT2D eigenvalue weighted by atomic mass is 35.5. The third-order valence-corrected chi connectivity index (χ3v) is 6.57. The Kier molecular flexibility index (Phi) is 6.32. The number of nitrogen functional groups attached to an aromatic ring is 1. The molecule has 0 bridgehead atoms. The number of hydrogen-bond acceptors (Lipinski definition) is 5. The van der Waals surface area contributed by atoms with Crippen molar-refractivity contribution < 1.29 is 9.59 Å². The number of benzene rings is 1. The minimum absolute atomic E-state index is 0.133. The molecule has 0 aliphatic carbocycles. The zero-order valence-corrected chi connectivity index (χ0v) is 20.3. The molecule has 0 spiro atoms. The van der Waals surface area contributed by atoms with Gasteiger partial charge in [0.25, 0.3) is 11.8 Å². The summed E-state index contributed by atoms with van der Waals surface area (Å²) in [6, 6.07) is 14.1. The van der Waals surface area contributed by atoms with E-state index in [1.54, 1.807) is 60.6 Å². The van der Waals surface area contributed by atoms with E-state index >= 15 is 0 Å². The minimum atomic E-state index is -0.318. The molecule has 4 heterocycles. The van der Waals surface area contributed by atoms with E-state index in [-0.39, 0.29) is 17.9 Å². The number of nitrogens with two attached hydrogens (primary N) is 1. The Balaban J connectivity index is 1.55. The highest BCUT2D eigenvalue weighted by Gasteiger charge is 2.32. The second kappa shape index (κ2) is 9.72. The molecule has 3 N–H and O–H groups in total. The van der Waals surface area contributed by atoms with Crippen molar-refractivity contribution in [3.8, 4) is 23.1 Å². The predicted molar refractivity (Wildman–Crippen MR) is 139 cm³/mol. The van der Waals surface area contributed by atoms with Crippen LogP contribution in [0.2, 0.25) is 5.02 Å². The first kappa shape index (κ1) is 23.4. The lowest BCUT2D eigenvalue weighted by atomic mass is 10.0. The normalized spacial score (nSPS) is 14.9. The van der Waals surface area contributed by atoms with Gasteiger partial charge in [-0.05, 0) is 62.1 Å². The number of amides is 2. The number of nitrogens with one attached hydrogen (secondary N) is 1. The van der Waals surface area contributed by atoms with Gasteiger partial charge in [0.1, 0.15) is 5.82 Å². The van der Waals surface area contributed by atoms with Gasteiger partial charge in [0, 0.05) is 35.6 Å². The fourth-order valence-electron chi connectivity index (χ4n) is 4.67. The van der Waals surface area contributed by atoms with E-state index in [0.29, 0.717) is 34.5 Å². The third kappa shape index (κ3) is 4.25. The Morgan fingerprint density at radius 1 is 1.14 bits per heavy atom. The zero-order chi connectivity index (χ0) is 25.2. The molecule has 4 aromatic rings. The molecule has 1 fully saturated rings. The maximum Gasteiger partial charge on any atom is 0.298 e. The molecule has 36 heavy (non-hydrogen) atoms. The molecule has 1 unspecified atom stereocenters. The average molecular weight is 499 g/mol. The van der Waals surface area contributed by atoms with Crippen LogP contribution in [0.15, 0.2) is 60.9 Å². The molecule has 8 nitrogen and oxygen atoms in total. The Bertz CT molecular complexity index is 1540. The Hall–Kier alpha value is -4.35. The molecule has 1 aliphatic rings. The van der Waals surface area contributed by atoms with Crippen molar-refractivity contribution in [2.45, 2.75) is 25.8 Å². The van der Waals surface area contributed by atoms with Crippen molar-refractivity contribution in [1.29, 1.82) is 0 Å². The first-order valence-corrected chi connectivity index (χ1v) is 11.9. The number of hydrogen-bond donors (Lipinski definition) is 2. The molecular weight excluding hydrogens is 476 g/mol. The summed E-state index contributed by atoms with van der Waals surface area (Å²) < 4.78 is 1.83. The maximum atomic E-state index is 12.7. The van der Waals surface area contributed by atoms with Gasteiger partial charge in [-0.25, -0.2) is 9.97 Å². The van der Waals surface area contributed by atoms with Gasteiger partial charge >= 0.3 is 0 Å². The average Bonchev–Trinajstić information content (AvgIpc) is 3.50. The molecule has 0 radical (unpaired) electrons. The van der Waals surface area contributed by atoms with Crippen molar-refractivity contribution in [2.24, 2.45) is 0 Å². The van der Waals surface area contributed by atoms with Gasteiger partial charge in [-0.1, -0.05) is 29.7 Å². The second-order valence-electron chi connectivity index (χ2n) is 8.40. The number of fused-ring (bicyclic) bond motifs is 1. The Morgan fingerprint density at radius 3 is 2.75 bits per heavy atom. The van der Waals surface area contributed by atoms with Crippen LogP contribution in [0.1, 0.15) is 41.7 Å². The van der Waals surface area contributed by atoms with Crippen molar-refractivity contribution >= 4 is 40.7 Å². The molecule has 5 rings (SSSR count). The van der Waals surface area contributed by atoms with Gasteiger partial charge in [-0.3, -0.25) is 14.0 Å². The summed E-state index contributed by atoms with van der Waals surface area (Å²) in [5.74, 6) is 5.60. The molecule has 3 aromatic heterocycles. The molecule has 9 heteroatoms. The van der Waals surface area contributed by atoms with Crippen LogP contribution in [0.4, 0.5) is 11.8 Å². The smallest absolute Gasteiger partial charge is 0.298 e. The molecule has 0 saturated carbocycles. The van der Waals surface area contributed by atoms with E-state index in [4.69, 9.17) is 17.3 Å². The lowest BCUT2D eigenvalue weighted by Gasteiger charge is -2.22. The molecule has 1 aliphatic heterocycles. The van der Waals surface area contributed by atoms with Gasteiger partial charge in [0.15, 0.2) is 0 Å².